The number of anilines is 1. The zero-order valence-electron chi connectivity index (χ0n) is 15.6. The van der Waals surface area contributed by atoms with Crippen molar-refractivity contribution in [2.24, 2.45) is 0 Å². The van der Waals surface area contributed by atoms with E-state index in [1.165, 1.54) is 5.56 Å². The van der Waals surface area contributed by atoms with Crippen molar-refractivity contribution in [3.8, 4) is 0 Å². The van der Waals surface area contributed by atoms with Crippen LogP contribution in [0.1, 0.15) is 52.6 Å². The minimum Gasteiger partial charge on any atom is -0.359 e. The number of hydrogen-bond donors (Lipinski definition) is 0. The van der Waals surface area contributed by atoms with Gasteiger partial charge in [0.25, 0.3) is 5.91 Å². The Hall–Kier alpha value is -2.43. The summed E-state index contributed by atoms with van der Waals surface area (Å²) < 4.78 is 0. The van der Waals surface area contributed by atoms with Crippen molar-refractivity contribution in [1.82, 2.24) is 14.9 Å². The molecule has 1 aromatic carbocycles. The lowest BCUT2D eigenvalue weighted by Gasteiger charge is -2.33. The second kappa shape index (κ2) is 7.06. The molecule has 0 unspecified atom stereocenters. The minimum atomic E-state index is 0.113. The van der Waals surface area contributed by atoms with Crippen LogP contribution in [0.5, 0.6) is 0 Å². The Morgan fingerprint density at radius 1 is 1.12 bits per heavy atom. The lowest BCUT2D eigenvalue weighted by atomic mass is 9.95. The molecule has 5 heteroatoms. The highest BCUT2D eigenvalue weighted by atomic mass is 16.2. The van der Waals surface area contributed by atoms with Crippen molar-refractivity contribution in [3.63, 3.8) is 0 Å². The predicted molar refractivity (Wildman–Crippen MR) is 103 cm³/mol. The van der Waals surface area contributed by atoms with E-state index in [0.717, 1.165) is 61.7 Å². The number of aryl methyl sites for hydroxylation is 1. The van der Waals surface area contributed by atoms with Gasteiger partial charge in [0, 0.05) is 49.4 Å². The summed E-state index contributed by atoms with van der Waals surface area (Å²) >= 11 is 0. The first-order valence-corrected chi connectivity index (χ1v) is 9.56. The van der Waals surface area contributed by atoms with Gasteiger partial charge in [-0.2, -0.15) is 0 Å². The summed E-state index contributed by atoms with van der Waals surface area (Å²) in [5.41, 5.74) is 3.15. The molecule has 0 saturated carbocycles. The number of likely N-dealkylation sites (tertiary alicyclic amines) is 1. The molecule has 26 heavy (non-hydrogen) atoms. The Morgan fingerprint density at radius 2 is 1.92 bits per heavy atom. The van der Waals surface area contributed by atoms with Crippen LogP contribution in [0.3, 0.4) is 0 Å². The van der Waals surface area contributed by atoms with E-state index >= 15 is 0 Å². The van der Waals surface area contributed by atoms with Crippen molar-refractivity contribution >= 4 is 11.7 Å². The molecule has 1 aromatic heterocycles. The van der Waals surface area contributed by atoms with Crippen molar-refractivity contribution in [2.75, 3.05) is 31.6 Å². The average molecular weight is 350 g/mol. The van der Waals surface area contributed by atoms with Gasteiger partial charge < -0.3 is 9.80 Å². The summed E-state index contributed by atoms with van der Waals surface area (Å²) in [4.78, 5) is 26.8. The van der Waals surface area contributed by atoms with E-state index in [1.807, 2.05) is 35.2 Å². The van der Waals surface area contributed by atoms with Crippen LogP contribution in [0, 0.1) is 6.92 Å². The monoisotopic (exact) mass is 350 g/mol. The second-order valence-electron chi connectivity index (χ2n) is 7.45. The first-order valence-electron chi connectivity index (χ1n) is 9.56. The molecule has 2 aromatic rings. The lowest BCUT2D eigenvalue weighted by molar-refractivity contribution is 0.0704. The van der Waals surface area contributed by atoms with Gasteiger partial charge in [-0.1, -0.05) is 18.2 Å². The Morgan fingerprint density at radius 3 is 2.73 bits per heavy atom. The van der Waals surface area contributed by atoms with Gasteiger partial charge >= 0.3 is 0 Å². The summed E-state index contributed by atoms with van der Waals surface area (Å²) in [6, 6.07) is 9.55. The zero-order chi connectivity index (χ0) is 18.1. The second-order valence-corrected chi connectivity index (χ2v) is 7.45. The van der Waals surface area contributed by atoms with Crippen LogP contribution in [-0.2, 0) is 6.42 Å². The Balaban J connectivity index is 1.58. The van der Waals surface area contributed by atoms with E-state index in [-0.39, 0.29) is 11.8 Å². The number of hydrogen-bond acceptors (Lipinski definition) is 4. The van der Waals surface area contributed by atoms with E-state index in [9.17, 15) is 4.79 Å². The first kappa shape index (κ1) is 17.0. The average Bonchev–Trinajstić information content (AvgIpc) is 2.69. The number of rotatable bonds is 2. The molecule has 4 rings (SSSR count). The van der Waals surface area contributed by atoms with Crippen LogP contribution in [0.15, 0.2) is 30.3 Å². The van der Waals surface area contributed by atoms with E-state index < -0.39 is 0 Å². The van der Waals surface area contributed by atoms with Crippen LogP contribution >= 0.6 is 0 Å². The van der Waals surface area contributed by atoms with Crippen molar-refractivity contribution < 1.29 is 4.79 Å². The smallest absolute Gasteiger partial charge is 0.253 e. The number of amides is 1. The minimum absolute atomic E-state index is 0.113. The molecule has 0 aliphatic carbocycles. The summed E-state index contributed by atoms with van der Waals surface area (Å²) in [6.45, 7) is 4.66. The molecule has 1 amide bonds. The maximum absolute atomic E-state index is 12.8. The number of fused-ring (bicyclic) bond motifs is 1. The number of carbonyl (C=O) groups excluding carboxylic acids is 1. The first-order chi connectivity index (χ1) is 12.6. The third kappa shape index (κ3) is 3.18. The molecule has 1 atom stereocenters. The van der Waals surface area contributed by atoms with Crippen molar-refractivity contribution in [2.45, 2.75) is 38.5 Å². The number of benzene rings is 1. The van der Waals surface area contributed by atoms with Gasteiger partial charge in [-0.25, -0.2) is 9.97 Å². The summed E-state index contributed by atoms with van der Waals surface area (Å²) in [5.74, 6) is 2.32. The van der Waals surface area contributed by atoms with Crippen LogP contribution in [0.2, 0.25) is 0 Å². The molecular formula is C21H26N4O. The molecule has 1 saturated heterocycles. The maximum Gasteiger partial charge on any atom is 0.253 e. The van der Waals surface area contributed by atoms with Crippen LogP contribution in [0.4, 0.5) is 5.82 Å². The molecule has 1 fully saturated rings. The van der Waals surface area contributed by atoms with Gasteiger partial charge in [0.05, 0.1) is 0 Å². The topological polar surface area (TPSA) is 49.3 Å². The SMILES string of the molecule is Cc1nc([C@@H]2CCCN(C(=O)c3ccccc3)C2)nc2c1CCCN2C. The Kier molecular flexibility index (Phi) is 4.62. The van der Waals surface area contributed by atoms with Crippen LogP contribution in [0.25, 0.3) is 0 Å². The molecule has 0 bridgehead atoms. The molecule has 136 valence electrons. The van der Waals surface area contributed by atoms with Gasteiger partial charge in [-0.05, 0) is 44.7 Å². The van der Waals surface area contributed by atoms with Gasteiger partial charge in [-0.15, -0.1) is 0 Å². The fraction of sp³-hybridized carbons (Fsp3) is 0.476. The Bertz CT molecular complexity index is 805. The molecule has 3 heterocycles. The Labute approximate surface area is 155 Å². The quantitative estimate of drug-likeness (QED) is 0.835. The van der Waals surface area contributed by atoms with Gasteiger partial charge in [0.15, 0.2) is 0 Å². The van der Waals surface area contributed by atoms with E-state index in [4.69, 9.17) is 9.97 Å². The maximum atomic E-state index is 12.8. The molecule has 5 nitrogen and oxygen atoms in total. The molecule has 0 N–H and O–H groups in total. The summed E-state index contributed by atoms with van der Waals surface area (Å²) in [6.07, 6.45) is 4.27. The van der Waals surface area contributed by atoms with E-state index in [2.05, 4.69) is 18.9 Å². The van der Waals surface area contributed by atoms with E-state index in [1.54, 1.807) is 0 Å². The highest BCUT2D eigenvalue weighted by Crippen LogP contribution is 2.31. The van der Waals surface area contributed by atoms with Gasteiger partial charge in [0.2, 0.25) is 0 Å². The third-order valence-corrected chi connectivity index (χ3v) is 5.59. The number of carbonyl (C=O) groups is 1. The standard InChI is InChI=1S/C21H26N4O/c1-15-18-11-7-12-24(2)20(18)23-19(22-15)17-10-6-13-25(14-17)21(26)16-8-4-3-5-9-16/h3-5,8-9,17H,6-7,10-14H2,1-2H3/t17-/m1/s1. The lowest BCUT2D eigenvalue weighted by Crippen LogP contribution is -2.39. The fourth-order valence-electron chi connectivity index (χ4n) is 4.13. The molecular weight excluding hydrogens is 324 g/mol. The molecule has 0 radical (unpaired) electrons. The van der Waals surface area contributed by atoms with E-state index in [0.29, 0.717) is 6.54 Å². The number of piperidine rings is 1. The van der Waals surface area contributed by atoms with Crippen LogP contribution in [-0.4, -0.2) is 47.5 Å². The summed E-state index contributed by atoms with van der Waals surface area (Å²) in [5, 5.41) is 0. The molecule has 0 spiro atoms. The van der Waals surface area contributed by atoms with Gasteiger partial charge in [0.1, 0.15) is 11.6 Å². The summed E-state index contributed by atoms with van der Waals surface area (Å²) in [7, 11) is 2.11. The fourth-order valence-corrected chi connectivity index (χ4v) is 4.13. The van der Waals surface area contributed by atoms with Crippen molar-refractivity contribution in [1.29, 1.82) is 0 Å². The number of nitrogens with zero attached hydrogens (tertiary/aromatic N) is 4. The highest BCUT2D eigenvalue weighted by molar-refractivity contribution is 5.94. The van der Waals surface area contributed by atoms with Crippen LogP contribution < -0.4 is 4.90 Å². The predicted octanol–water partition coefficient (Wildman–Crippen LogP) is 3.19. The van der Waals surface area contributed by atoms with Crippen molar-refractivity contribution in [3.05, 3.63) is 53.0 Å². The molecule has 2 aliphatic heterocycles. The zero-order valence-corrected chi connectivity index (χ0v) is 15.6. The van der Waals surface area contributed by atoms with Gasteiger partial charge in [-0.3, -0.25) is 4.79 Å². The third-order valence-electron chi connectivity index (χ3n) is 5.59. The normalized spacial score (nSPS) is 20.0. The number of aromatic nitrogens is 2. The largest absolute Gasteiger partial charge is 0.359 e. The highest BCUT2D eigenvalue weighted by Gasteiger charge is 2.29. The molecule has 2 aliphatic rings.